The van der Waals surface area contributed by atoms with Gasteiger partial charge in [0.05, 0.1) is 0 Å². The molecule has 0 atom stereocenters. The number of halogens is 5. The Labute approximate surface area is 108 Å². The predicted octanol–water partition coefficient (Wildman–Crippen LogP) is 3.15. The molecule has 0 fully saturated rings. The van der Waals surface area contributed by atoms with Crippen molar-refractivity contribution in [3.05, 3.63) is 39.3 Å². The SMILES string of the molecule is [N-]=[N+]=Nc1c(F)c(F)c(C(=O)NCCCl)c(F)c1F. The van der Waals surface area contributed by atoms with E-state index in [-0.39, 0.29) is 12.4 Å². The molecule has 0 saturated heterocycles. The molecule has 0 heterocycles. The Balaban J connectivity index is 3.43. The van der Waals surface area contributed by atoms with E-state index in [1.54, 1.807) is 0 Å². The summed E-state index contributed by atoms with van der Waals surface area (Å²) in [5.41, 5.74) is 5.10. The van der Waals surface area contributed by atoms with Crippen molar-refractivity contribution in [1.82, 2.24) is 5.32 Å². The molecule has 0 aromatic heterocycles. The number of carbonyl (C=O) groups excluding carboxylic acids is 1. The van der Waals surface area contributed by atoms with Gasteiger partial charge in [-0.25, -0.2) is 17.6 Å². The quantitative estimate of drug-likeness (QED) is 0.227. The van der Waals surface area contributed by atoms with E-state index < -0.39 is 40.4 Å². The molecule has 1 amide bonds. The average molecular weight is 297 g/mol. The first-order chi connectivity index (χ1) is 8.95. The van der Waals surface area contributed by atoms with Gasteiger partial charge in [-0.2, -0.15) is 0 Å². The first-order valence-corrected chi connectivity index (χ1v) is 5.24. The topological polar surface area (TPSA) is 77.9 Å². The van der Waals surface area contributed by atoms with Crippen molar-refractivity contribution in [3.8, 4) is 0 Å². The number of hydrogen-bond donors (Lipinski definition) is 1. The summed E-state index contributed by atoms with van der Waals surface area (Å²) in [5.74, 6) is -9.24. The van der Waals surface area contributed by atoms with E-state index in [2.05, 4.69) is 5.11 Å². The number of benzene rings is 1. The second-order valence-electron chi connectivity index (χ2n) is 3.11. The largest absolute Gasteiger partial charge is 0.351 e. The molecule has 0 radical (unpaired) electrons. The lowest BCUT2D eigenvalue weighted by atomic mass is 10.1. The van der Waals surface area contributed by atoms with E-state index in [1.807, 2.05) is 10.2 Å². The minimum absolute atomic E-state index is 0.0588. The van der Waals surface area contributed by atoms with E-state index >= 15 is 0 Å². The zero-order valence-electron chi connectivity index (χ0n) is 9.05. The Morgan fingerprint density at radius 2 is 1.74 bits per heavy atom. The van der Waals surface area contributed by atoms with Crippen LogP contribution in [0.4, 0.5) is 23.2 Å². The zero-order chi connectivity index (χ0) is 14.6. The molecule has 0 unspecified atom stereocenters. The molecule has 0 saturated carbocycles. The van der Waals surface area contributed by atoms with Gasteiger partial charge < -0.3 is 5.32 Å². The van der Waals surface area contributed by atoms with Crippen molar-refractivity contribution in [3.63, 3.8) is 0 Å². The van der Waals surface area contributed by atoms with Crippen LogP contribution >= 0.6 is 11.6 Å². The fourth-order valence-electron chi connectivity index (χ4n) is 1.20. The summed E-state index contributed by atoms with van der Waals surface area (Å²) >= 11 is 5.24. The molecule has 0 aliphatic rings. The Kier molecular flexibility index (Phi) is 4.96. The zero-order valence-corrected chi connectivity index (χ0v) is 9.81. The first-order valence-electron chi connectivity index (χ1n) is 4.70. The summed E-state index contributed by atoms with van der Waals surface area (Å²) in [6.45, 7) is -0.152. The van der Waals surface area contributed by atoms with E-state index in [0.29, 0.717) is 0 Å². The van der Waals surface area contributed by atoms with Crippen molar-refractivity contribution in [1.29, 1.82) is 0 Å². The minimum Gasteiger partial charge on any atom is -0.351 e. The summed E-state index contributed by atoms with van der Waals surface area (Å²) in [6.07, 6.45) is 0. The molecule has 0 aliphatic carbocycles. The number of hydrogen-bond acceptors (Lipinski definition) is 2. The van der Waals surface area contributed by atoms with E-state index in [1.165, 1.54) is 0 Å². The molecule has 0 bridgehead atoms. The highest BCUT2D eigenvalue weighted by Crippen LogP contribution is 2.30. The Morgan fingerprint density at radius 1 is 1.21 bits per heavy atom. The summed E-state index contributed by atoms with van der Waals surface area (Å²) in [4.78, 5) is 13.4. The normalized spacial score (nSPS) is 9.95. The molecular weight excluding hydrogens is 292 g/mol. The highest BCUT2D eigenvalue weighted by atomic mass is 35.5. The van der Waals surface area contributed by atoms with E-state index in [9.17, 15) is 22.4 Å². The van der Waals surface area contributed by atoms with Crippen LogP contribution in [-0.2, 0) is 0 Å². The van der Waals surface area contributed by atoms with Gasteiger partial charge in [0.15, 0.2) is 23.3 Å². The highest BCUT2D eigenvalue weighted by molar-refractivity contribution is 6.18. The maximum atomic E-state index is 13.4. The van der Waals surface area contributed by atoms with Crippen LogP contribution in [0.5, 0.6) is 0 Å². The number of azide groups is 1. The fraction of sp³-hybridized carbons (Fsp3) is 0.222. The van der Waals surface area contributed by atoms with Gasteiger partial charge in [-0.15, -0.1) is 11.6 Å². The number of nitrogens with zero attached hydrogens (tertiary/aromatic N) is 3. The third-order valence-corrected chi connectivity index (χ3v) is 2.18. The molecular formula is C9H5ClF4N4O. The molecule has 19 heavy (non-hydrogen) atoms. The maximum absolute atomic E-state index is 13.4. The van der Waals surface area contributed by atoms with Gasteiger partial charge in [-0.05, 0) is 5.53 Å². The van der Waals surface area contributed by atoms with E-state index in [4.69, 9.17) is 17.1 Å². The van der Waals surface area contributed by atoms with Crippen LogP contribution in [0.15, 0.2) is 5.11 Å². The van der Waals surface area contributed by atoms with Crippen LogP contribution in [0.3, 0.4) is 0 Å². The van der Waals surface area contributed by atoms with Gasteiger partial charge in [0.2, 0.25) is 0 Å². The molecule has 1 aromatic rings. The standard InChI is InChI=1S/C9H5ClF4N4O/c10-1-2-16-9(19)3-4(11)6(13)8(17-18-15)7(14)5(3)12/h1-2H2,(H,16,19). The summed E-state index contributed by atoms with van der Waals surface area (Å²) < 4.78 is 53.5. The molecule has 0 spiro atoms. The monoisotopic (exact) mass is 296 g/mol. The molecule has 5 nitrogen and oxygen atoms in total. The molecule has 1 N–H and O–H groups in total. The lowest BCUT2D eigenvalue weighted by Gasteiger charge is -2.09. The lowest BCUT2D eigenvalue weighted by Crippen LogP contribution is -2.28. The van der Waals surface area contributed by atoms with Gasteiger partial charge >= 0.3 is 0 Å². The van der Waals surface area contributed by atoms with Crippen LogP contribution in [0.25, 0.3) is 10.4 Å². The lowest BCUT2D eigenvalue weighted by molar-refractivity contribution is 0.0945. The average Bonchev–Trinajstić information content (AvgIpc) is 2.39. The van der Waals surface area contributed by atoms with Gasteiger partial charge in [-0.1, -0.05) is 5.11 Å². The number of carbonyl (C=O) groups is 1. The minimum atomic E-state index is -1.95. The smallest absolute Gasteiger partial charge is 0.257 e. The fourth-order valence-corrected chi connectivity index (χ4v) is 1.30. The van der Waals surface area contributed by atoms with Gasteiger partial charge in [0.25, 0.3) is 5.91 Å². The Hall–Kier alpha value is -1.99. The highest BCUT2D eigenvalue weighted by Gasteiger charge is 2.28. The van der Waals surface area contributed by atoms with E-state index in [0.717, 1.165) is 0 Å². The van der Waals surface area contributed by atoms with Crippen molar-refractivity contribution in [2.24, 2.45) is 5.11 Å². The summed E-state index contributed by atoms with van der Waals surface area (Å²) in [5, 5.41) is 4.44. The van der Waals surface area contributed by atoms with Gasteiger partial charge in [0, 0.05) is 17.3 Å². The van der Waals surface area contributed by atoms with Crippen molar-refractivity contribution in [2.45, 2.75) is 0 Å². The Bertz CT molecular complexity index is 545. The second-order valence-corrected chi connectivity index (χ2v) is 3.49. The maximum Gasteiger partial charge on any atom is 0.257 e. The molecule has 1 rings (SSSR count). The van der Waals surface area contributed by atoms with Crippen LogP contribution < -0.4 is 5.32 Å². The van der Waals surface area contributed by atoms with Crippen molar-refractivity contribution >= 4 is 23.2 Å². The first kappa shape index (κ1) is 15.1. The van der Waals surface area contributed by atoms with Crippen molar-refractivity contribution in [2.75, 3.05) is 12.4 Å². The number of alkyl halides is 1. The molecule has 102 valence electrons. The number of amides is 1. The van der Waals surface area contributed by atoms with Crippen molar-refractivity contribution < 1.29 is 22.4 Å². The van der Waals surface area contributed by atoms with Crippen LogP contribution in [0.2, 0.25) is 0 Å². The third kappa shape index (κ3) is 2.88. The Morgan fingerprint density at radius 3 is 2.16 bits per heavy atom. The van der Waals surface area contributed by atoms with Gasteiger partial charge in [0.1, 0.15) is 11.3 Å². The third-order valence-electron chi connectivity index (χ3n) is 1.99. The summed E-state index contributed by atoms with van der Waals surface area (Å²) in [6, 6.07) is 0. The molecule has 10 heteroatoms. The molecule has 0 aliphatic heterocycles. The number of rotatable bonds is 4. The van der Waals surface area contributed by atoms with Crippen LogP contribution in [-0.4, -0.2) is 18.3 Å². The summed E-state index contributed by atoms with van der Waals surface area (Å²) in [7, 11) is 0. The second kappa shape index (κ2) is 6.26. The van der Waals surface area contributed by atoms with Gasteiger partial charge in [-0.3, -0.25) is 4.79 Å². The predicted molar refractivity (Wildman–Crippen MR) is 58.1 cm³/mol. The number of nitrogens with one attached hydrogen (secondary N) is 1. The van der Waals surface area contributed by atoms with Crippen LogP contribution in [0.1, 0.15) is 10.4 Å². The van der Waals surface area contributed by atoms with Crippen LogP contribution in [0, 0.1) is 23.3 Å². The molecule has 1 aromatic carbocycles.